The van der Waals surface area contributed by atoms with Gasteiger partial charge in [-0.3, -0.25) is 0 Å². The Hall–Kier alpha value is -3.50. The molecule has 3 rings (SSSR count). The molecule has 0 radical (unpaired) electrons. The second-order valence-electron chi connectivity index (χ2n) is 6.88. The molecule has 0 atom stereocenters. The summed E-state index contributed by atoms with van der Waals surface area (Å²) in [6, 6.07) is 12.9. The summed E-state index contributed by atoms with van der Waals surface area (Å²) in [5.74, 6) is -1.16. The minimum atomic E-state index is -4.51. The van der Waals surface area contributed by atoms with Gasteiger partial charge in [-0.25, -0.2) is 4.79 Å². The van der Waals surface area contributed by atoms with E-state index in [1.54, 1.807) is 30.5 Å². The first-order chi connectivity index (χ1) is 14.5. The first-order valence-corrected chi connectivity index (χ1v) is 9.42. The molecule has 158 valence electrons. The normalized spacial score (nSPS) is 12.0. The SMILES string of the molecule is Cc1cc(/C=C(/C#N)c2cccc(C(F)(F)F)c2)c(C)n1-c1ccc(Cl)c(C(=O)O)c1. The highest BCUT2D eigenvalue weighted by molar-refractivity contribution is 6.33. The van der Waals surface area contributed by atoms with Gasteiger partial charge in [0.25, 0.3) is 0 Å². The van der Waals surface area contributed by atoms with Gasteiger partial charge in [0.2, 0.25) is 0 Å². The molecule has 0 fully saturated rings. The maximum atomic E-state index is 13.0. The van der Waals surface area contributed by atoms with E-state index in [4.69, 9.17) is 11.6 Å². The molecule has 0 spiro atoms. The quantitative estimate of drug-likeness (QED) is 0.465. The van der Waals surface area contributed by atoms with Gasteiger partial charge in [-0.15, -0.1) is 0 Å². The fraction of sp³-hybridized carbons (Fsp3) is 0.130. The number of alkyl halides is 3. The maximum Gasteiger partial charge on any atom is 0.416 e. The number of nitrogens with zero attached hydrogens (tertiary/aromatic N) is 2. The van der Waals surface area contributed by atoms with Crippen molar-refractivity contribution >= 4 is 29.2 Å². The zero-order valence-corrected chi connectivity index (χ0v) is 17.2. The van der Waals surface area contributed by atoms with Gasteiger partial charge in [0, 0.05) is 17.1 Å². The molecular formula is C23H16ClF3N2O2. The van der Waals surface area contributed by atoms with Crippen molar-refractivity contribution in [2.24, 2.45) is 0 Å². The lowest BCUT2D eigenvalue weighted by molar-refractivity contribution is -0.137. The highest BCUT2D eigenvalue weighted by Gasteiger charge is 2.30. The number of carboxylic acid groups (broad SMARTS) is 1. The summed E-state index contributed by atoms with van der Waals surface area (Å²) in [5.41, 5.74) is 1.98. The van der Waals surface area contributed by atoms with Gasteiger partial charge >= 0.3 is 12.1 Å². The zero-order chi connectivity index (χ0) is 22.9. The number of rotatable bonds is 4. The highest BCUT2D eigenvalue weighted by Crippen LogP contribution is 2.32. The van der Waals surface area contributed by atoms with Crippen LogP contribution in [-0.2, 0) is 6.18 Å². The molecule has 3 aromatic rings. The number of carboxylic acids is 1. The molecule has 8 heteroatoms. The molecule has 0 aliphatic carbocycles. The number of halogens is 4. The fourth-order valence-electron chi connectivity index (χ4n) is 3.35. The van der Waals surface area contributed by atoms with E-state index in [-0.39, 0.29) is 21.7 Å². The van der Waals surface area contributed by atoms with Crippen LogP contribution in [0.2, 0.25) is 5.02 Å². The van der Waals surface area contributed by atoms with Gasteiger partial charge in [0.15, 0.2) is 0 Å². The molecule has 31 heavy (non-hydrogen) atoms. The number of benzene rings is 2. The highest BCUT2D eigenvalue weighted by atomic mass is 35.5. The number of aromatic nitrogens is 1. The summed E-state index contributed by atoms with van der Waals surface area (Å²) in [5, 5.41) is 19.0. The second-order valence-corrected chi connectivity index (χ2v) is 7.29. The Bertz CT molecular complexity index is 1250. The monoisotopic (exact) mass is 444 g/mol. The summed E-state index contributed by atoms with van der Waals surface area (Å²) in [4.78, 5) is 11.4. The molecule has 4 nitrogen and oxygen atoms in total. The largest absolute Gasteiger partial charge is 0.478 e. The lowest BCUT2D eigenvalue weighted by Crippen LogP contribution is -2.05. The van der Waals surface area contributed by atoms with E-state index in [9.17, 15) is 28.3 Å². The van der Waals surface area contributed by atoms with Crippen molar-refractivity contribution in [1.82, 2.24) is 4.57 Å². The standard InChI is InChI=1S/C23H16ClF3N2O2/c1-13-8-16(9-17(12-28)15-4-3-5-18(10-15)23(25,26)27)14(2)29(13)19-6-7-21(24)20(11-19)22(30)31/h3-11H,1-2H3,(H,30,31)/b17-9-. The number of aryl methyl sites for hydroxylation is 1. The van der Waals surface area contributed by atoms with Crippen LogP contribution in [-0.4, -0.2) is 15.6 Å². The Balaban J connectivity index is 2.10. The van der Waals surface area contributed by atoms with E-state index in [2.05, 4.69) is 0 Å². The van der Waals surface area contributed by atoms with Gasteiger partial charge in [-0.05, 0) is 67.4 Å². The number of hydrogen-bond acceptors (Lipinski definition) is 2. The smallest absolute Gasteiger partial charge is 0.416 e. The van der Waals surface area contributed by atoms with Gasteiger partial charge in [0.05, 0.1) is 27.8 Å². The zero-order valence-electron chi connectivity index (χ0n) is 16.5. The van der Waals surface area contributed by atoms with Crippen LogP contribution < -0.4 is 0 Å². The van der Waals surface area contributed by atoms with Gasteiger partial charge < -0.3 is 9.67 Å². The summed E-state index contributed by atoms with van der Waals surface area (Å²) < 4.78 is 40.9. The van der Waals surface area contributed by atoms with Crippen molar-refractivity contribution in [2.75, 3.05) is 0 Å². The van der Waals surface area contributed by atoms with Crippen molar-refractivity contribution in [3.63, 3.8) is 0 Å². The Labute approximate surface area is 181 Å². The van der Waals surface area contributed by atoms with Gasteiger partial charge in [0.1, 0.15) is 0 Å². The van der Waals surface area contributed by atoms with Crippen LogP contribution in [0.5, 0.6) is 0 Å². The number of hydrogen-bond donors (Lipinski definition) is 1. The molecule has 0 saturated heterocycles. The van der Waals surface area contributed by atoms with Crippen molar-refractivity contribution in [2.45, 2.75) is 20.0 Å². The van der Waals surface area contributed by atoms with Crippen LogP contribution in [0.15, 0.2) is 48.5 Å². The van der Waals surface area contributed by atoms with E-state index in [1.807, 2.05) is 6.07 Å². The first-order valence-electron chi connectivity index (χ1n) is 9.04. The fourth-order valence-corrected chi connectivity index (χ4v) is 3.54. The molecule has 0 aliphatic rings. The number of allylic oxidation sites excluding steroid dienone is 1. The molecule has 0 aliphatic heterocycles. The molecule has 1 aromatic heterocycles. The molecular weight excluding hydrogens is 429 g/mol. The van der Waals surface area contributed by atoms with Crippen LogP contribution in [0.1, 0.15) is 38.4 Å². The predicted octanol–water partition coefficient (Wildman–Crippen LogP) is 6.53. The lowest BCUT2D eigenvalue weighted by Gasteiger charge is -2.11. The topological polar surface area (TPSA) is 66.0 Å². The molecule has 0 saturated carbocycles. The van der Waals surface area contributed by atoms with Crippen molar-refractivity contribution in [3.8, 4) is 11.8 Å². The third kappa shape index (κ3) is 4.49. The van der Waals surface area contributed by atoms with E-state index >= 15 is 0 Å². The minimum absolute atomic E-state index is 0.0505. The summed E-state index contributed by atoms with van der Waals surface area (Å²) in [7, 11) is 0. The maximum absolute atomic E-state index is 13.0. The van der Waals surface area contributed by atoms with E-state index in [0.29, 0.717) is 16.9 Å². The molecule has 0 bridgehead atoms. The summed E-state index contributed by atoms with van der Waals surface area (Å²) in [6.45, 7) is 3.57. The lowest BCUT2D eigenvalue weighted by atomic mass is 10.0. The van der Waals surface area contributed by atoms with Crippen LogP contribution in [0.25, 0.3) is 17.3 Å². The second kappa shape index (κ2) is 8.32. The molecule has 2 aromatic carbocycles. The van der Waals surface area contributed by atoms with Crippen LogP contribution in [0, 0.1) is 25.2 Å². The minimum Gasteiger partial charge on any atom is -0.478 e. The number of nitriles is 1. The predicted molar refractivity (Wildman–Crippen MR) is 112 cm³/mol. The van der Waals surface area contributed by atoms with Crippen LogP contribution >= 0.6 is 11.6 Å². The van der Waals surface area contributed by atoms with Crippen LogP contribution in [0.3, 0.4) is 0 Å². The number of carbonyl (C=O) groups is 1. The van der Waals surface area contributed by atoms with Crippen molar-refractivity contribution in [1.29, 1.82) is 5.26 Å². The summed E-state index contributed by atoms with van der Waals surface area (Å²) >= 11 is 5.95. The number of aromatic carboxylic acids is 1. The Morgan fingerprint density at radius 1 is 1.16 bits per heavy atom. The molecule has 0 amide bonds. The molecule has 1 N–H and O–H groups in total. The molecule has 1 heterocycles. The molecule has 0 unspecified atom stereocenters. The van der Waals surface area contributed by atoms with Gasteiger partial charge in [-0.1, -0.05) is 23.7 Å². The Kier molecular flexibility index (Phi) is 5.96. The van der Waals surface area contributed by atoms with Crippen molar-refractivity contribution < 1.29 is 23.1 Å². The first kappa shape index (κ1) is 22.2. The Morgan fingerprint density at radius 2 is 1.87 bits per heavy atom. The van der Waals surface area contributed by atoms with E-state index < -0.39 is 17.7 Å². The average molecular weight is 445 g/mol. The van der Waals surface area contributed by atoms with E-state index in [0.717, 1.165) is 17.8 Å². The third-order valence-electron chi connectivity index (χ3n) is 4.83. The van der Waals surface area contributed by atoms with E-state index in [1.165, 1.54) is 30.3 Å². The van der Waals surface area contributed by atoms with Gasteiger partial charge in [-0.2, -0.15) is 18.4 Å². The third-order valence-corrected chi connectivity index (χ3v) is 5.16. The Morgan fingerprint density at radius 3 is 2.48 bits per heavy atom. The summed E-state index contributed by atoms with van der Waals surface area (Å²) in [6.07, 6.45) is -2.99. The average Bonchev–Trinajstić information content (AvgIpc) is 2.99. The van der Waals surface area contributed by atoms with Crippen molar-refractivity contribution in [3.05, 3.63) is 87.2 Å². The van der Waals surface area contributed by atoms with Crippen LogP contribution in [0.4, 0.5) is 13.2 Å².